The Morgan fingerprint density at radius 2 is 1.70 bits per heavy atom. The van der Waals surface area contributed by atoms with E-state index in [9.17, 15) is 28.5 Å². The topological polar surface area (TPSA) is 166 Å². The van der Waals surface area contributed by atoms with Gasteiger partial charge in [0.1, 0.15) is 35.7 Å². The molecular formula is C24H36N4O7S2. The molecule has 4 N–H and O–H groups in total. The fourth-order valence-electron chi connectivity index (χ4n) is 3.58. The molecule has 0 aromatic carbocycles. The monoisotopic (exact) mass is 556 g/mol. The zero-order valence-electron chi connectivity index (χ0n) is 21.7. The van der Waals surface area contributed by atoms with Crippen LogP contribution in [-0.4, -0.2) is 69.9 Å². The first-order valence-corrected chi connectivity index (χ1v) is 15.0. The van der Waals surface area contributed by atoms with E-state index in [0.29, 0.717) is 6.42 Å². The summed E-state index contributed by atoms with van der Waals surface area (Å²) in [6.07, 6.45) is 3.73. The standard InChI is InChI=1S/C24H36N4O7S2/c1-6-16-21(30)28-20(14(4)5)24(33)35-15-9-7-8-10-37(34)36-12-17(22(31)25-16)26-23(32)19(13(2)3)27-18(29)11-15/h6-7,9,13-15,17,19-20H,8,10-12H2,1-5H3,(H,25,31)(H,26,32)(H,27,29)(H,28,30)/b9-7+,16-6-/t15-,17-,19-,20+,37-/m1/s1. The second kappa shape index (κ2) is 14.4. The molecule has 2 aliphatic rings. The second-order valence-electron chi connectivity index (χ2n) is 9.43. The summed E-state index contributed by atoms with van der Waals surface area (Å²) in [6, 6.07) is -3.18. The van der Waals surface area contributed by atoms with E-state index < -0.39 is 64.0 Å². The third-order valence-electron chi connectivity index (χ3n) is 5.72. The maximum atomic E-state index is 13.2. The maximum Gasteiger partial charge on any atom is 0.329 e. The molecule has 1 saturated heterocycles. The van der Waals surface area contributed by atoms with Crippen LogP contribution in [0, 0.1) is 11.8 Å². The number of hydrogen-bond donors (Lipinski definition) is 4. The molecule has 0 saturated carbocycles. The smallest absolute Gasteiger partial charge is 0.329 e. The van der Waals surface area contributed by atoms with Crippen molar-refractivity contribution >= 4 is 50.6 Å². The molecule has 11 nitrogen and oxygen atoms in total. The van der Waals surface area contributed by atoms with Gasteiger partial charge in [-0.05, 0) is 24.8 Å². The normalized spacial score (nSPS) is 31.2. The Kier molecular flexibility index (Phi) is 12.0. The number of hydrogen-bond acceptors (Lipinski definition) is 8. The predicted octanol–water partition coefficient (Wildman–Crippen LogP) is 0.445. The highest BCUT2D eigenvalue weighted by Gasteiger charge is 2.34. The van der Waals surface area contributed by atoms with Crippen molar-refractivity contribution in [2.75, 3.05) is 11.5 Å². The Labute approximate surface area is 223 Å². The number of esters is 1. The lowest BCUT2D eigenvalue weighted by molar-refractivity contribution is -0.153. The van der Waals surface area contributed by atoms with Crippen molar-refractivity contribution in [1.29, 1.82) is 0 Å². The Bertz CT molecular complexity index is 938. The molecule has 2 rings (SSSR count). The zero-order chi connectivity index (χ0) is 27.7. The third-order valence-corrected chi connectivity index (χ3v) is 8.72. The van der Waals surface area contributed by atoms with Crippen molar-refractivity contribution in [3.63, 3.8) is 0 Å². The van der Waals surface area contributed by atoms with Gasteiger partial charge in [0.2, 0.25) is 17.7 Å². The van der Waals surface area contributed by atoms with E-state index in [4.69, 9.17) is 4.74 Å². The van der Waals surface area contributed by atoms with E-state index in [1.807, 2.05) is 0 Å². The van der Waals surface area contributed by atoms with Gasteiger partial charge < -0.3 is 30.6 Å². The quantitative estimate of drug-likeness (QED) is 0.125. The summed E-state index contributed by atoms with van der Waals surface area (Å²) in [7, 11) is -0.384. The summed E-state index contributed by atoms with van der Waals surface area (Å²) in [5, 5.41) is 10.4. The van der Waals surface area contributed by atoms with Crippen molar-refractivity contribution in [3.8, 4) is 0 Å². The zero-order valence-corrected chi connectivity index (χ0v) is 23.3. The lowest BCUT2D eigenvalue weighted by Crippen LogP contribution is -2.57. The van der Waals surface area contributed by atoms with Gasteiger partial charge in [0, 0.05) is 16.6 Å². The van der Waals surface area contributed by atoms with Crippen LogP contribution in [0.5, 0.6) is 0 Å². The van der Waals surface area contributed by atoms with Crippen LogP contribution in [0.25, 0.3) is 0 Å². The highest BCUT2D eigenvalue weighted by molar-refractivity contribution is 8.72. The van der Waals surface area contributed by atoms with Gasteiger partial charge >= 0.3 is 5.97 Å². The number of carbonyl (C=O) groups is 5. The average molecular weight is 557 g/mol. The van der Waals surface area contributed by atoms with Crippen LogP contribution in [0.3, 0.4) is 0 Å². The minimum Gasteiger partial charge on any atom is -0.605 e. The van der Waals surface area contributed by atoms with Crippen LogP contribution in [0.4, 0.5) is 0 Å². The first-order chi connectivity index (χ1) is 17.4. The van der Waals surface area contributed by atoms with Crippen LogP contribution in [0.15, 0.2) is 23.9 Å². The second-order valence-corrected chi connectivity index (χ2v) is 12.8. The van der Waals surface area contributed by atoms with Gasteiger partial charge in [0.25, 0.3) is 5.91 Å². The van der Waals surface area contributed by atoms with Crippen LogP contribution < -0.4 is 21.3 Å². The average Bonchev–Trinajstić information content (AvgIpc) is 2.82. The number of carbonyl (C=O) groups excluding carboxylic acids is 5. The molecule has 0 spiro atoms. The highest BCUT2D eigenvalue weighted by atomic mass is 33.1. The fraction of sp³-hybridized carbons (Fsp3) is 0.625. The van der Waals surface area contributed by atoms with E-state index in [1.54, 1.807) is 46.8 Å². The van der Waals surface area contributed by atoms with Gasteiger partial charge in [-0.25, -0.2) is 4.79 Å². The van der Waals surface area contributed by atoms with E-state index in [2.05, 4.69) is 21.3 Å². The van der Waals surface area contributed by atoms with Crippen LogP contribution in [-0.2, 0) is 38.9 Å². The number of amides is 4. The number of fused-ring (bicyclic) bond motifs is 7. The molecule has 2 aliphatic heterocycles. The molecular weight excluding hydrogens is 520 g/mol. The number of allylic oxidation sites excluding steroid dienone is 2. The molecule has 0 aromatic heterocycles. The Morgan fingerprint density at radius 3 is 2.32 bits per heavy atom. The molecule has 1 fully saturated rings. The van der Waals surface area contributed by atoms with Crippen LogP contribution in [0.2, 0.25) is 0 Å². The minimum atomic E-state index is -1.38. The van der Waals surface area contributed by atoms with Gasteiger partial charge in [-0.15, -0.1) is 0 Å². The van der Waals surface area contributed by atoms with Crippen molar-refractivity contribution in [2.24, 2.45) is 11.8 Å². The number of rotatable bonds is 2. The van der Waals surface area contributed by atoms with Crippen molar-refractivity contribution in [2.45, 2.75) is 71.7 Å². The first-order valence-electron chi connectivity index (χ1n) is 12.2. The largest absolute Gasteiger partial charge is 0.605 e. The minimum absolute atomic E-state index is 0.0237. The van der Waals surface area contributed by atoms with E-state index in [1.165, 1.54) is 6.08 Å². The Hall–Kier alpha value is -2.51. The fourth-order valence-corrected chi connectivity index (χ4v) is 6.05. The molecule has 2 heterocycles. The maximum absolute atomic E-state index is 13.2. The summed E-state index contributed by atoms with van der Waals surface area (Å²) >= 11 is 0. The number of nitrogens with one attached hydrogen (secondary N) is 4. The summed E-state index contributed by atoms with van der Waals surface area (Å²) in [5.41, 5.74) is -0.115. The molecule has 0 radical (unpaired) electrons. The molecule has 5 atom stereocenters. The van der Waals surface area contributed by atoms with Gasteiger partial charge in [-0.3, -0.25) is 19.2 Å². The molecule has 13 heteroatoms. The lowest BCUT2D eigenvalue weighted by Gasteiger charge is -2.27. The van der Waals surface area contributed by atoms with Crippen molar-refractivity contribution in [1.82, 2.24) is 21.3 Å². The summed E-state index contributed by atoms with van der Waals surface area (Å²) in [6.45, 7) is 8.47. The summed E-state index contributed by atoms with van der Waals surface area (Å²) in [4.78, 5) is 65.2. The summed E-state index contributed by atoms with van der Waals surface area (Å²) < 4.78 is 18.1. The van der Waals surface area contributed by atoms with Crippen molar-refractivity contribution < 1.29 is 33.3 Å². The summed E-state index contributed by atoms with van der Waals surface area (Å²) in [5.74, 6) is -3.76. The lowest BCUT2D eigenvalue weighted by atomic mass is 10.0. The highest BCUT2D eigenvalue weighted by Crippen LogP contribution is 2.18. The SMILES string of the molecule is C/C=C1\NC(=O)[C@H]2CS[S@@+]([O-])CC/C=C/[C@H](CC(=O)N[C@H](C(C)C)C(=O)N2)OC(=O)[C@H](C(C)C)NC1=O. The van der Waals surface area contributed by atoms with Gasteiger partial charge in [-0.1, -0.05) is 39.8 Å². The molecule has 2 bridgehead atoms. The van der Waals surface area contributed by atoms with Crippen molar-refractivity contribution in [3.05, 3.63) is 23.9 Å². The Morgan fingerprint density at radius 1 is 1.03 bits per heavy atom. The van der Waals surface area contributed by atoms with E-state index in [0.717, 1.165) is 10.8 Å². The van der Waals surface area contributed by atoms with E-state index in [-0.39, 0.29) is 35.5 Å². The Balaban J connectivity index is 2.59. The van der Waals surface area contributed by atoms with Gasteiger partial charge in [0.05, 0.1) is 23.0 Å². The molecule has 37 heavy (non-hydrogen) atoms. The molecule has 0 aliphatic carbocycles. The molecule has 0 unspecified atom stereocenters. The van der Waals surface area contributed by atoms with Crippen LogP contribution in [0.1, 0.15) is 47.5 Å². The molecule has 206 valence electrons. The third kappa shape index (κ3) is 9.38. The first kappa shape index (κ1) is 30.7. The van der Waals surface area contributed by atoms with Crippen LogP contribution >= 0.6 is 10.8 Å². The van der Waals surface area contributed by atoms with Gasteiger partial charge in [-0.2, -0.15) is 0 Å². The number of ether oxygens (including phenoxy) is 1. The molecule has 0 aromatic rings. The van der Waals surface area contributed by atoms with Gasteiger partial charge in [0.15, 0.2) is 0 Å². The van der Waals surface area contributed by atoms with E-state index >= 15 is 0 Å². The predicted molar refractivity (Wildman–Crippen MR) is 141 cm³/mol. The molecule has 4 amide bonds.